The molecule has 0 saturated heterocycles. The van der Waals surface area contributed by atoms with Crippen LogP contribution in [0.15, 0.2) is 46.0 Å². The number of pyridine rings is 1. The maximum Gasteiger partial charge on any atom is 0.334 e. The Morgan fingerprint density at radius 2 is 1.91 bits per heavy atom. The van der Waals surface area contributed by atoms with Crippen molar-refractivity contribution in [3.05, 3.63) is 68.5 Å². The molecule has 110 valence electrons. The van der Waals surface area contributed by atoms with E-state index in [4.69, 9.17) is 11.6 Å². The smallest absolute Gasteiger partial charge is 0.291 e. The van der Waals surface area contributed by atoms with Crippen LogP contribution in [0.1, 0.15) is 16.1 Å². The topological polar surface area (TPSA) is 84.8 Å². The highest BCUT2D eigenvalue weighted by Gasteiger charge is 2.17. The van der Waals surface area contributed by atoms with E-state index in [1.165, 1.54) is 6.07 Å². The lowest BCUT2D eigenvalue weighted by atomic mass is 10.1. The Labute approximate surface area is 129 Å². The predicted molar refractivity (Wildman–Crippen MR) is 82.9 cm³/mol. The monoisotopic (exact) mass is 315 g/mol. The number of nitrogens with zero attached hydrogens (tertiary/aromatic N) is 2. The van der Waals surface area contributed by atoms with Gasteiger partial charge in [-0.3, -0.25) is 14.6 Å². The molecule has 0 bridgehead atoms. The van der Waals surface area contributed by atoms with E-state index in [0.29, 0.717) is 11.4 Å². The first kappa shape index (κ1) is 14.2. The summed E-state index contributed by atoms with van der Waals surface area (Å²) in [6.07, 6.45) is 0. The van der Waals surface area contributed by atoms with Crippen LogP contribution in [0, 0.1) is 6.92 Å². The van der Waals surface area contributed by atoms with Crippen LogP contribution < -0.4 is 11.2 Å². The number of H-pyrrole nitrogens is 1. The molecule has 0 spiro atoms. The van der Waals surface area contributed by atoms with Gasteiger partial charge in [0.15, 0.2) is 0 Å². The average molecular weight is 316 g/mol. The summed E-state index contributed by atoms with van der Waals surface area (Å²) >= 11 is 5.56. The fourth-order valence-corrected chi connectivity index (χ4v) is 2.46. The third-order valence-corrected chi connectivity index (χ3v) is 3.42. The van der Waals surface area contributed by atoms with Crippen molar-refractivity contribution < 1.29 is 4.79 Å². The first-order valence-corrected chi connectivity index (χ1v) is 6.79. The van der Waals surface area contributed by atoms with E-state index < -0.39 is 16.5 Å². The molecule has 0 aliphatic rings. The van der Waals surface area contributed by atoms with Gasteiger partial charge in [-0.1, -0.05) is 18.2 Å². The Morgan fingerprint density at radius 3 is 2.55 bits per heavy atom. The van der Waals surface area contributed by atoms with Crippen molar-refractivity contribution in [1.82, 2.24) is 14.5 Å². The molecule has 3 rings (SSSR count). The number of hydrogen-bond acceptors (Lipinski definition) is 4. The second-order valence-electron chi connectivity index (χ2n) is 4.71. The van der Waals surface area contributed by atoms with Gasteiger partial charge in [0, 0.05) is 5.69 Å². The van der Waals surface area contributed by atoms with E-state index in [-0.39, 0.29) is 16.6 Å². The summed E-state index contributed by atoms with van der Waals surface area (Å²) in [5.41, 5.74) is -0.328. The van der Waals surface area contributed by atoms with Crippen LogP contribution in [0.4, 0.5) is 0 Å². The van der Waals surface area contributed by atoms with Gasteiger partial charge in [-0.2, -0.15) is 0 Å². The van der Waals surface area contributed by atoms with Crippen molar-refractivity contribution in [1.29, 1.82) is 0 Å². The van der Waals surface area contributed by atoms with Crippen LogP contribution in [-0.4, -0.2) is 19.8 Å². The van der Waals surface area contributed by atoms with Gasteiger partial charge in [0.1, 0.15) is 5.65 Å². The minimum Gasteiger partial charge on any atom is -0.291 e. The third kappa shape index (κ3) is 2.23. The van der Waals surface area contributed by atoms with Crippen molar-refractivity contribution in [3.8, 4) is 5.69 Å². The summed E-state index contributed by atoms with van der Waals surface area (Å²) in [5.74, 6) is 0. The van der Waals surface area contributed by atoms with Crippen LogP contribution in [-0.2, 0) is 0 Å². The van der Waals surface area contributed by atoms with E-state index in [1.807, 2.05) is 0 Å². The van der Waals surface area contributed by atoms with Crippen LogP contribution in [0.5, 0.6) is 0 Å². The summed E-state index contributed by atoms with van der Waals surface area (Å²) in [4.78, 5) is 43.1. The molecule has 0 atom stereocenters. The molecule has 0 radical (unpaired) electrons. The number of aromatic amines is 1. The Balaban J connectivity index is 2.51. The molecule has 2 heterocycles. The number of rotatable bonds is 2. The molecule has 7 heteroatoms. The highest BCUT2D eigenvalue weighted by Crippen LogP contribution is 2.15. The first-order valence-electron chi connectivity index (χ1n) is 6.41. The van der Waals surface area contributed by atoms with Crippen LogP contribution in [0.25, 0.3) is 16.7 Å². The standard InChI is InChI=1S/C15H10ClN3O3/c1-8-7-10(12(16)20)11-13(17-8)18-15(22)19(14(11)21)9-5-3-2-4-6-9/h2-7H,1H3,(H,17,18,22). The number of carbonyl (C=O) groups excluding carboxylic acids is 1. The van der Waals surface area contributed by atoms with Crippen LogP contribution in [0.2, 0.25) is 0 Å². The molecule has 6 nitrogen and oxygen atoms in total. The Morgan fingerprint density at radius 1 is 1.23 bits per heavy atom. The number of halogens is 1. The molecule has 22 heavy (non-hydrogen) atoms. The number of para-hydroxylation sites is 1. The number of nitrogens with one attached hydrogen (secondary N) is 1. The van der Waals surface area contributed by atoms with Crippen LogP contribution in [0.3, 0.4) is 0 Å². The predicted octanol–water partition coefficient (Wildman–Crippen LogP) is 1.76. The maximum atomic E-state index is 12.7. The number of carbonyl (C=O) groups is 1. The van der Waals surface area contributed by atoms with E-state index >= 15 is 0 Å². The average Bonchev–Trinajstić information content (AvgIpc) is 2.47. The molecule has 1 aromatic carbocycles. The lowest BCUT2D eigenvalue weighted by Gasteiger charge is -2.08. The van der Waals surface area contributed by atoms with E-state index in [2.05, 4.69) is 9.97 Å². The molecule has 0 aliphatic heterocycles. The van der Waals surface area contributed by atoms with Gasteiger partial charge in [0.2, 0.25) is 0 Å². The molecular formula is C15H10ClN3O3. The van der Waals surface area contributed by atoms with Gasteiger partial charge < -0.3 is 0 Å². The van der Waals surface area contributed by atoms with Gasteiger partial charge in [0.25, 0.3) is 10.8 Å². The first-order chi connectivity index (χ1) is 10.5. The minimum absolute atomic E-state index is 0.00551. The summed E-state index contributed by atoms with van der Waals surface area (Å²) in [5, 5.41) is -0.784. The molecular weight excluding hydrogens is 306 g/mol. The fraction of sp³-hybridized carbons (Fsp3) is 0.0667. The minimum atomic E-state index is -0.778. The quantitative estimate of drug-likeness (QED) is 0.730. The van der Waals surface area contributed by atoms with Gasteiger partial charge in [-0.15, -0.1) is 0 Å². The summed E-state index contributed by atoms with van der Waals surface area (Å²) in [7, 11) is 0. The molecule has 0 saturated carbocycles. The SMILES string of the molecule is Cc1cc(C(=O)Cl)c2c(=O)n(-c3ccccc3)c(=O)[nH]c2n1. The molecule has 0 fully saturated rings. The van der Waals surface area contributed by atoms with Crippen molar-refractivity contribution in [3.63, 3.8) is 0 Å². The zero-order valence-corrected chi connectivity index (χ0v) is 12.2. The normalized spacial score (nSPS) is 10.8. The fourth-order valence-electron chi connectivity index (χ4n) is 2.31. The molecule has 0 amide bonds. The van der Waals surface area contributed by atoms with Crippen molar-refractivity contribution >= 4 is 27.9 Å². The van der Waals surface area contributed by atoms with Crippen molar-refractivity contribution in [2.75, 3.05) is 0 Å². The molecule has 2 aromatic heterocycles. The van der Waals surface area contributed by atoms with Gasteiger partial charge in [-0.25, -0.2) is 14.3 Å². The van der Waals surface area contributed by atoms with Gasteiger partial charge >= 0.3 is 5.69 Å². The lowest BCUT2D eigenvalue weighted by Crippen LogP contribution is -2.34. The number of aryl methyl sites for hydroxylation is 1. The zero-order valence-electron chi connectivity index (χ0n) is 11.5. The lowest BCUT2D eigenvalue weighted by molar-refractivity contribution is 0.108. The second kappa shape index (κ2) is 5.23. The third-order valence-electron chi connectivity index (χ3n) is 3.22. The number of benzene rings is 1. The zero-order chi connectivity index (χ0) is 15.9. The van der Waals surface area contributed by atoms with E-state index in [9.17, 15) is 14.4 Å². The van der Waals surface area contributed by atoms with Crippen LogP contribution >= 0.6 is 11.6 Å². The highest BCUT2D eigenvalue weighted by molar-refractivity contribution is 6.68. The number of fused-ring (bicyclic) bond motifs is 1. The molecule has 0 unspecified atom stereocenters. The number of hydrogen-bond donors (Lipinski definition) is 1. The second-order valence-corrected chi connectivity index (χ2v) is 5.06. The maximum absolute atomic E-state index is 12.7. The van der Waals surface area contributed by atoms with Gasteiger partial charge in [0.05, 0.1) is 16.6 Å². The molecule has 1 N–H and O–H groups in total. The molecule has 0 aliphatic carbocycles. The Bertz CT molecular complexity index is 1010. The summed E-state index contributed by atoms with van der Waals surface area (Å²) < 4.78 is 0.947. The highest BCUT2D eigenvalue weighted by atomic mass is 35.5. The van der Waals surface area contributed by atoms with E-state index in [0.717, 1.165) is 4.57 Å². The summed E-state index contributed by atoms with van der Waals surface area (Å²) in [6, 6.07) is 9.83. The van der Waals surface area contributed by atoms with Gasteiger partial charge in [-0.05, 0) is 36.7 Å². The number of aromatic nitrogens is 3. The Hall–Kier alpha value is -2.73. The largest absolute Gasteiger partial charge is 0.334 e. The Kier molecular flexibility index (Phi) is 3.38. The van der Waals surface area contributed by atoms with E-state index in [1.54, 1.807) is 37.3 Å². The summed E-state index contributed by atoms with van der Waals surface area (Å²) in [6.45, 7) is 1.64. The molecule has 3 aromatic rings. The van der Waals surface area contributed by atoms with Crippen molar-refractivity contribution in [2.45, 2.75) is 6.92 Å². The van der Waals surface area contributed by atoms with Crippen molar-refractivity contribution in [2.24, 2.45) is 0 Å².